The van der Waals surface area contributed by atoms with E-state index in [-0.39, 0.29) is 5.82 Å². The van der Waals surface area contributed by atoms with E-state index in [0.717, 1.165) is 10.5 Å². The summed E-state index contributed by atoms with van der Waals surface area (Å²) in [5.41, 5.74) is 0.398. The molecule has 2 aromatic rings. The summed E-state index contributed by atoms with van der Waals surface area (Å²) in [6, 6.07) is 8.18. The van der Waals surface area contributed by atoms with E-state index < -0.39 is 11.7 Å². The number of aromatic nitrogens is 1. The molecule has 0 atom stereocenters. The average Bonchev–Trinajstić information content (AvgIpc) is 2.38. The molecule has 0 radical (unpaired) electrons. The van der Waals surface area contributed by atoms with Gasteiger partial charge in [-0.05, 0) is 23.8 Å². The summed E-state index contributed by atoms with van der Waals surface area (Å²) >= 11 is 3.29. The van der Waals surface area contributed by atoms with E-state index >= 15 is 0 Å². The largest absolute Gasteiger partial charge is 0.419 e. The molecule has 2 nitrogen and oxygen atoms in total. The third kappa shape index (κ3) is 3.12. The molecule has 1 heterocycles. The van der Waals surface area contributed by atoms with Crippen molar-refractivity contribution in [2.24, 2.45) is 0 Å². The molecule has 6 heteroatoms. The fourth-order valence-corrected chi connectivity index (χ4v) is 2.09. The van der Waals surface area contributed by atoms with Gasteiger partial charge in [-0.25, -0.2) is 4.98 Å². The molecule has 0 amide bonds. The van der Waals surface area contributed by atoms with Gasteiger partial charge in [0.15, 0.2) is 0 Å². The van der Waals surface area contributed by atoms with Crippen LogP contribution in [0, 0.1) is 0 Å². The van der Waals surface area contributed by atoms with Crippen LogP contribution in [0.5, 0.6) is 0 Å². The second-order valence-corrected chi connectivity index (χ2v) is 5.41. The van der Waals surface area contributed by atoms with E-state index in [4.69, 9.17) is 0 Å². The number of anilines is 1. The Bertz CT molecular complexity index is 607. The quantitative estimate of drug-likeness (QED) is 0.791. The molecular formula is C14H12BrF3N2. The minimum absolute atomic E-state index is 0.0849. The van der Waals surface area contributed by atoms with Gasteiger partial charge < -0.3 is 4.90 Å². The summed E-state index contributed by atoms with van der Waals surface area (Å²) < 4.78 is 40.2. The SMILES string of the molecule is CN(C)c1ncc(-c2ccc(Br)cc2)cc1C(F)(F)F. The number of hydrogen-bond donors (Lipinski definition) is 0. The molecule has 0 N–H and O–H groups in total. The summed E-state index contributed by atoms with van der Waals surface area (Å²) in [5.74, 6) is -0.0849. The number of alkyl halides is 3. The van der Waals surface area contributed by atoms with E-state index in [1.807, 2.05) is 0 Å². The lowest BCUT2D eigenvalue weighted by Crippen LogP contribution is -2.18. The minimum atomic E-state index is -4.43. The van der Waals surface area contributed by atoms with Crippen LogP contribution in [-0.4, -0.2) is 19.1 Å². The van der Waals surface area contributed by atoms with Crippen molar-refractivity contribution in [2.75, 3.05) is 19.0 Å². The van der Waals surface area contributed by atoms with E-state index in [0.29, 0.717) is 11.1 Å². The number of hydrogen-bond acceptors (Lipinski definition) is 2. The number of pyridine rings is 1. The zero-order valence-electron chi connectivity index (χ0n) is 10.9. The molecule has 0 bridgehead atoms. The summed E-state index contributed by atoms with van der Waals surface area (Å²) in [7, 11) is 3.08. The maximum Gasteiger partial charge on any atom is 0.419 e. The molecule has 0 aliphatic heterocycles. The maximum atomic E-state index is 13.1. The van der Waals surface area contributed by atoms with E-state index in [1.54, 1.807) is 24.3 Å². The van der Waals surface area contributed by atoms with Crippen LogP contribution in [-0.2, 0) is 6.18 Å². The molecule has 1 aromatic carbocycles. The van der Waals surface area contributed by atoms with Gasteiger partial charge >= 0.3 is 6.18 Å². The number of benzene rings is 1. The highest BCUT2D eigenvalue weighted by atomic mass is 79.9. The number of halogens is 4. The van der Waals surface area contributed by atoms with Crippen LogP contribution in [0.15, 0.2) is 41.0 Å². The van der Waals surface area contributed by atoms with Crippen molar-refractivity contribution in [3.63, 3.8) is 0 Å². The molecule has 0 aliphatic rings. The van der Waals surface area contributed by atoms with Crippen LogP contribution in [0.25, 0.3) is 11.1 Å². The van der Waals surface area contributed by atoms with Gasteiger partial charge in [0.2, 0.25) is 0 Å². The van der Waals surface area contributed by atoms with E-state index in [2.05, 4.69) is 20.9 Å². The van der Waals surface area contributed by atoms with Crippen molar-refractivity contribution in [3.05, 3.63) is 46.6 Å². The molecule has 0 saturated heterocycles. The van der Waals surface area contributed by atoms with Gasteiger partial charge in [-0.3, -0.25) is 0 Å². The molecule has 0 spiro atoms. The molecule has 1 aromatic heterocycles. The van der Waals surface area contributed by atoms with Gasteiger partial charge in [0, 0.05) is 30.3 Å². The van der Waals surface area contributed by atoms with Gasteiger partial charge in [-0.1, -0.05) is 28.1 Å². The average molecular weight is 345 g/mol. The van der Waals surface area contributed by atoms with Gasteiger partial charge in [-0.2, -0.15) is 13.2 Å². The second-order valence-electron chi connectivity index (χ2n) is 4.49. The highest BCUT2D eigenvalue weighted by molar-refractivity contribution is 9.10. The first kappa shape index (κ1) is 14.8. The highest BCUT2D eigenvalue weighted by Gasteiger charge is 2.35. The molecule has 20 heavy (non-hydrogen) atoms. The van der Waals surface area contributed by atoms with Gasteiger partial charge in [-0.15, -0.1) is 0 Å². The summed E-state index contributed by atoms with van der Waals surface area (Å²) in [5, 5.41) is 0. The summed E-state index contributed by atoms with van der Waals surface area (Å²) in [6.07, 6.45) is -2.98. The first-order valence-corrected chi connectivity index (χ1v) is 6.59. The first-order chi connectivity index (χ1) is 9.29. The zero-order chi connectivity index (χ0) is 14.9. The molecule has 0 aliphatic carbocycles. The highest BCUT2D eigenvalue weighted by Crippen LogP contribution is 2.37. The van der Waals surface area contributed by atoms with Gasteiger partial charge in [0.1, 0.15) is 5.82 Å². The lowest BCUT2D eigenvalue weighted by molar-refractivity contribution is -0.137. The molecule has 2 rings (SSSR count). The van der Waals surface area contributed by atoms with Gasteiger partial charge in [0.05, 0.1) is 5.56 Å². The predicted molar refractivity (Wildman–Crippen MR) is 76.7 cm³/mol. The Morgan fingerprint density at radius 1 is 1.05 bits per heavy atom. The Morgan fingerprint density at radius 2 is 1.65 bits per heavy atom. The topological polar surface area (TPSA) is 16.1 Å². The summed E-state index contributed by atoms with van der Waals surface area (Å²) in [6.45, 7) is 0. The first-order valence-electron chi connectivity index (χ1n) is 5.79. The monoisotopic (exact) mass is 344 g/mol. The van der Waals surface area contributed by atoms with E-state index in [1.165, 1.54) is 25.2 Å². The molecule has 0 fully saturated rings. The summed E-state index contributed by atoms with van der Waals surface area (Å²) in [4.78, 5) is 5.29. The molecular weight excluding hydrogens is 333 g/mol. The Hall–Kier alpha value is -1.56. The van der Waals surface area contributed by atoms with Crippen LogP contribution in [0.2, 0.25) is 0 Å². The van der Waals surface area contributed by atoms with Crippen molar-refractivity contribution in [2.45, 2.75) is 6.18 Å². The van der Waals surface area contributed by atoms with Crippen LogP contribution in [0.1, 0.15) is 5.56 Å². The van der Waals surface area contributed by atoms with Crippen LogP contribution >= 0.6 is 15.9 Å². The normalized spacial score (nSPS) is 11.5. The fourth-order valence-electron chi connectivity index (χ4n) is 1.82. The lowest BCUT2D eigenvalue weighted by Gasteiger charge is -2.18. The van der Waals surface area contributed by atoms with Gasteiger partial charge in [0.25, 0.3) is 0 Å². The Morgan fingerprint density at radius 3 is 2.15 bits per heavy atom. The third-order valence-electron chi connectivity index (χ3n) is 2.77. The minimum Gasteiger partial charge on any atom is -0.362 e. The molecule has 0 saturated carbocycles. The fraction of sp³-hybridized carbons (Fsp3) is 0.214. The molecule has 106 valence electrons. The molecule has 0 unspecified atom stereocenters. The van der Waals surface area contributed by atoms with E-state index in [9.17, 15) is 13.2 Å². The Kier molecular flexibility index (Phi) is 4.04. The zero-order valence-corrected chi connectivity index (χ0v) is 12.5. The van der Waals surface area contributed by atoms with Crippen molar-refractivity contribution < 1.29 is 13.2 Å². The van der Waals surface area contributed by atoms with Crippen molar-refractivity contribution in [3.8, 4) is 11.1 Å². The van der Waals surface area contributed by atoms with Crippen LogP contribution < -0.4 is 4.90 Å². The van der Waals surface area contributed by atoms with Crippen LogP contribution in [0.3, 0.4) is 0 Å². The van der Waals surface area contributed by atoms with Crippen LogP contribution in [0.4, 0.5) is 19.0 Å². The third-order valence-corrected chi connectivity index (χ3v) is 3.30. The Labute approximate surface area is 123 Å². The predicted octanol–water partition coefficient (Wildman–Crippen LogP) is 4.60. The maximum absolute atomic E-state index is 13.1. The van der Waals surface area contributed by atoms with Crippen molar-refractivity contribution in [1.29, 1.82) is 0 Å². The number of rotatable bonds is 2. The van der Waals surface area contributed by atoms with Crippen molar-refractivity contribution in [1.82, 2.24) is 4.98 Å². The standard InChI is InChI=1S/C14H12BrF3N2/c1-20(2)13-12(14(16,17)18)7-10(8-19-13)9-3-5-11(15)6-4-9/h3-8H,1-2H3. The smallest absolute Gasteiger partial charge is 0.362 e. The lowest BCUT2D eigenvalue weighted by atomic mass is 10.1. The Balaban J connectivity index is 2.55. The second kappa shape index (κ2) is 5.44. The van der Waals surface area contributed by atoms with Crippen molar-refractivity contribution >= 4 is 21.7 Å². The number of nitrogens with zero attached hydrogens (tertiary/aromatic N) is 2.